The van der Waals surface area contributed by atoms with Gasteiger partial charge in [0, 0.05) is 28.3 Å². The fourth-order valence-corrected chi connectivity index (χ4v) is 2.80. The maximum atomic E-state index is 12.2. The standard InChI is InChI=1S/C20H15Cl2N3O/c21-18-7-6-17(19(22)12-18)13-23-24-20(26)16-8-10-25(11-9-16)14-15-4-2-1-3-5-15/h1-13H,14H2/p+1. The van der Waals surface area contributed by atoms with E-state index in [4.69, 9.17) is 23.2 Å². The molecule has 1 N–H and O–H groups in total. The summed E-state index contributed by atoms with van der Waals surface area (Å²) in [4.78, 5) is 12.2. The number of rotatable bonds is 5. The highest BCUT2D eigenvalue weighted by atomic mass is 35.5. The van der Waals surface area contributed by atoms with Crippen LogP contribution in [-0.2, 0) is 6.54 Å². The Morgan fingerprint density at radius 1 is 1.04 bits per heavy atom. The predicted octanol–water partition coefficient (Wildman–Crippen LogP) is 4.09. The van der Waals surface area contributed by atoms with Crippen molar-refractivity contribution in [2.24, 2.45) is 5.10 Å². The van der Waals surface area contributed by atoms with Crippen molar-refractivity contribution in [3.8, 4) is 0 Å². The number of carbonyl (C=O) groups excluding carboxylic acids is 1. The van der Waals surface area contributed by atoms with Crippen molar-refractivity contribution >= 4 is 35.3 Å². The van der Waals surface area contributed by atoms with Crippen LogP contribution in [0.25, 0.3) is 0 Å². The fraction of sp³-hybridized carbons (Fsp3) is 0.0500. The number of amides is 1. The molecule has 0 fully saturated rings. The molecule has 0 radical (unpaired) electrons. The van der Waals surface area contributed by atoms with Crippen molar-refractivity contribution in [1.29, 1.82) is 0 Å². The number of halogens is 2. The number of hydrogen-bond acceptors (Lipinski definition) is 2. The first-order valence-electron chi connectivity index (χ1n) is 7.93. The molecule has 3 aromatic rings. The Morgan fingerprint density at radius 2 is 1.77 bits per heavy atom. The SMILES string of the molecule is O=C(N/N=C/c1ccc(Cl)cc1Cl)c1cc[n+](Cc2ccccc2)cc1. The third-order valence-corrected chi connectivity index (χ3v) is 4.26. The number of nitrogens with zero attached hydrogens (tertiary/aromatic N) is 2. The Labute approximate surface area is 161 Å². The van der Waals surface area contributed by atoms with Gasteiger partial charge in [-0.2, -0.15) is 5.10 Å². The van der Waals surface area contributed by atoms with Crippen LogP contribution in [0, 0.1) is 0 Å². The predicted molar refractivity (Wildman–Crippen MR) is 104 cm³/mol. The molecule has 0 aliphatic carbocycles. The van der Waals surface area contributed by atoms with Crippen molar-refractivity contribution < 1.29 is 9.36 Å². The Kier molecular flexibility index (Phi) is 6.00. The number of pyridine rings is 1. The molecule has 0 aliphatic heterocycles. The van der Waals surface area contributed by atoms with Crippen molar-refractivity contribution in [3.63, 3.8) is 0 Å². The lowest BCUT2D eigenvalue weighted by atomic mass is 10.2. The molecule has 0 bridgehead atoms. The molecule has 130 valence electrons. The summed E-state index contributed by atoms with van der Waals surface area (Å²) >= 11 is 11.9. The zero-order valence-corrected chi connectivity index (χ0v) is 15.3. The maximum absolute atomic E-state index is 12.2. The first kappa shape index (κ1) is 18.1. The molecule has 0 atom stereocenters. The van der Waals surface area contributed by atoms with E-state index in [1.165, 1.54) is 11.8 Å². The second-order valence-corrected chi connectivity index (χ2v) is 6.45. The molecule has 2 aromatic carbocycles. The molecule has 26 heavy (non-hydrogen) atoms. The largest absolute Gasteiger partial charge is 0.271 e. The highest BCUT2D eigenvalue weighted by molar-refractivity contribution is 6.36. The van der Waals surface area contributed by atoms with E-state index in [9.17, 15) is 4.79 Å². The molecule has 4 nitrogen and oxygen atoms in total. The van der Waals surface area contributed by atoms with E-state index in [1.807, 2.05) is 35.2 Å². The number of benzene rings is 2. The smallest absolute Gasteiger partial charge is 0.267 e. The van der Waals surface area contributed by atoms with Gasteiger partial charge in [0.15, 0.2) is 18.9 Å². The highest BCUT2D eigenvalue weighted by Crippen LogP contribution is 2.19. The van der Waals surface area contributed by atoms with Gasteiger partial charge >= 0.3 is 0 Å². The minimum Gasteiger partial charge on any atom is -0.267 e. The molecule has 1 amide bonds. The number of aromatic nitrogens is 1. The summed E-state index contributed by atoms with van der Waals surface area (Å²) < 4.78 is 2.00. The van der Waals surface area contributed by atoms with Crippen LogP contribution in [0.5, 0.6) is 0 Å². The summed E-state index contributed by atoms with van der Waals surface area (Å²) in [6.07, 6.45) is 5.21. The number of carbonyl (C=O) groups is 1. The van der Waals surface area contributed by atoms with Gasteiger partial charge < -0.3 is 0 Å². The number of hydrazone groups is 1. The normalized spacial score (nSPS) is 10.8. The van der Waals surface area contributed by atoms with Crippen LogP contribution >= 0.6 is 23.2 Å². The monoisotopic (exact) mass is 384 g/mol. The molecule has 0 saturated heterocycles. The number of nitrogens with one attached hydrogen (secondary N) is 1. The lowest BCUT2D eigenvalue weighted by Gasteiger charge is -2.01. The highest BCUT2D eigenvalue weighted by Gasteiger charge is 2.08. The van der Waals surface area contributed by atoms with E-state index in [0.29, 0.717) is 21.2 Å². The van der Waals surface area contributed by atoms with Gasteiger partial charge in [-0.05, 0) is 12.1 Å². The van der Waals surface area contributed by atoms with Crippen molar-refractivity contribution in [1.82, 2.24) is 5.43 Å². The third kappa shape index (κ3) is 4.91. The van der Waals surface area contributed by atoms with E-state index in [1.54, 1.807) is 30.3 Å². The van der Waals surface area contributed by atoms with E-state index >= 15 is 0 Å². The van der Waals surface area contributed by atoms with Gasteiger partial charge in [-0.3, -0.25) is 4.79 Å². The van der Waals surface area contributed by atoms with Crippen LogP contribution < -0.4 is 9.99 Å². The average molecular weight is 385 g/mol. The Bertz CT molecular complexity index is 926. The van der Waals surface area contributed by atoms with E-state index in [2.05, 4.69) is 22.7 Å². The Balaban J connectivity index is 1.60. The molecule has 1 heterocycles. The number of hydrogen-bond donors (Lipinski definition) is 1. The Morgan fingerprint density at radius 3 is 2.46 bits per heavy atom. The molecule has 0 spiro atoms. The van der Waals surface area contributed by atoms with Crippen molar-refractivity contribution in [2.45, 2.75) is 6.54 Å². The summed E-state index contributed by atoms with van der Waals surface area (Å²) in [6.45, 7) is 0.746. The molecular weight excluding hydrogens is 369 g/mol. The molecule has 6 heteroatoms. The van der Waals surface area contributed by atoms with Crippen LogP contribution in [0.4, 0.5) is 0 Å². The second-order valence-electron chi connectivity index (χ2n) is 5.61. The summed E-state index contributed by atoms with van der Waals surface area (Å²) in [6, 6.07) is 18.7. The van der Waals surface area contributed by atoms with Gasteiger partial charge in [0.25, 0.3) is 5.91 Å². The van der Waals surface area contributed by atoms with E-state index in [-0.39, 0.29) is 5.91 Å². The van der Waals surface area contributed by atoms with Crippen molar-refractivity contribution in [2.75, 3.05) is 0 Å². The Hall–Kier alpha value is -2.69. The topological polar surface area (TPSA) is 45.3 Å². The van der Waals surface area contributed by atoms with Gasteiger partial charge in [0.2, 0.25) is 0 Å². The summed E-state index contributed by atoms with van der Waals surface area (Å²) in [7, 11) is 0. The van der Waals surface area contributed by atoms with Crippen LogP contribution in [0.2, 0.25) is 10.0 Å². The summed E-state index contributed by atoms with van der Waals surface area (Å²) in [5, 5.41) is 4.95. The molecule has 0 unspecified atom stereocenters. The molecule has 3 rings (SSSR count). The molecular formula is C20H16Cl2N3O+. The minimum absolute atomic E-state index is 0.293. The molecule has 1 aromatic heterocycles. The van der Waals surface area contributed by atoms with Gasteiger partial charge in [-0.25, -0.2) is 9.99 Å². The zero-order chi connectivity index (χ0) is 18.4. The van der Waals surface area contributed by atoms with Crippen LogP contribution in [0.1, 0.15) is 21.5 Å². The van der Waals surface area contributed by atoms with Crippen LogP contribution in [-0.4, -0.2) is 12.1 Å². The maximum Gasteiger partial charge on any atom is 0.271 e. The average Bonchev–Trinajstić information content (AvgIpc) is 2.65. The zero-order valence-electron chi connectivity index (χ0n) is 13.8. The lowest BCUT2D eigenvalue weighted by molar-refractivity contribution is -0.688. The van der Waals surface area contributed by atoms with Gasteiger partial charge in [0.1, 0.15) is 0 Å². The first-order chi connectivity index (χ1) is 12.6. The first-order valence-corrected chi connectivity index (χ1v) is 8.69. The summed E-state index contributed by atoms with van der Waals surface area (Å²) in [5.74, 6) is -0.293. The quantitative estimate of drug-likeness (QED) is 0.401. The molecule has 0 aliphatic rings. The van der Waals surface area contributed by atoms with Crippen LogP contribution in [0.3, 0.4) is 0 Å². The van der Waals surface area contributed by atoms with E-state index < -0.39 is 0 Å². The van der Waals surface area contributed by atoms with Gasteiger partial charge in [0.05, 0.1) is 16.8 Å². The fourth-order valence-electron chi connectivity index (χ4n) is 2.34. The third-order valence-electron chi connectivity index (χ3n) is 3.69. The van der Waals surface area contributed by atoms with Crippen molar-refractivity contribution in [3.05, 3.63) is 99.8 Å². The molecule has 0 saturated carbocycles. The van der Waals surface area contributed by atoms with E-state index in [0.717, 1.165) is 6.54 Å². The van der Waals surface area contributed by atoms with Crippen LogP contribution in [0.15, 0.2) is 78.2 Å². The van der Waals surface area contributed by atoms with Gasteiger partial charge in [-0.15, -0.1) is 0 Å². The minimum atomic E-state index is -0.293. The van der Waals surface area contributed by atoms with Gasteiger partial charge in [-0.1, -0.05) is 59.6 Å². The lowest BCUT2D eigenvalue weighted by Crippen LogP contribution is -2.33. The second kappa shape index (κ2) is 8.61. The summed E-state index contributed by atoms with van der Waals surface area (Å²) in [5.41, 5.74) is 4.88.